The lowest BCUT2D eigenvalue weighted by molar-refractivity contribution is -0.138. The molecule has 0 bridgehead atoms. The van der Waals surface area contributed by atoms with Crippen LogP contribution in [0.15, 0.2) is 46.9 Å². The second kappa shape index (κ2) is 6.18. The van der Waals surface area contributed by atoms with Crippen molar-refractivity contribution in [2.75, 3.05) is 0 Å². The van der Waals surface area contributed by atoms with Crippen LogP contribution in [0.5, 0.6) is 0 Å². The Morgan fingerprint density at radius 1 is 1.30 bits per heavy atom. The molecule has 20 heavy (non-hydrogen) atoms. The molecule has 0 aliphatic carbocycles. The van der Waals surface area contributed by atoms with Gasteiger partial charge in [0.1, 0.15) is 5.82 Å². The van der Waals surface area contributed by atoms with Gasteiger partial charge in [-0.25, -0.2) is 4.39 Å². The minimum absolute atomic E-state index is 0.249. The maximum atomic E-state index is 13.3. The summed E-state index contributed by atoms with van der Waals surface area (Å²) in [6.45, 7) is 1.88. The lowest BCUT2D eigenvalue weighted by Crippen LogP contribution is -2.16. The van der Waals surface area contributed by atoms with E-state index in [1.165, 1.54) is 12.1 Å². The molecule has 0 aromatic heterocycles. The molecule has 4 heteroatoms. The van der Waals surface area contributed by atoms with Crippen LogP contribution in [-0.4, -0.2) is 11.1 Å². The highest BCUT2D eigenvalue weighted by Crippen LogP contribution is 2.28. The lowest BCUT2D eigenvalue weighted by atomic mass is 9.89. The molecule has 0 amide bonds. The van der Waals surface area contributed by atoms with Crippen molar-refractivity contribution in [2.24, 2.45) is 0 Å². The molecule has 2 aromatic rings. The van der Waals surface area contributed by atoms with Gasteiger partial charge in [-0.1, -0.05) is 40.2 Å². The number of hydrogen-bond acceptors (Lipinski definition) is 1. The van der Waals surface area contributed by atoms with Gasteiger partial charge in [0.05, 0.1) is 5.92 Å². The highest BCUT2D eigenvalue weighted by molar-refractivity contribution is 9.10. The number of halogens is 2. The molecule has 1 N–H and O–H groups in total. The van der Waals surface area contributed by atoms with Gasteiger partial charge in [0, 0.05) is 4.47 Å². The molecule has 104 valence electrons. The molecule has 2 nitrogen and oxygen atoms in total. The summed E-state index contributed by atoms with van der Waals surface area (Å²) in [7, 11) is 0. The van der Waals surface area contributed by atoms with Crippen LogP contribution >= 0.6 is 15.9 Å². The van der Waals surface area contributed by atoms with Gasteiger partial charge in [0.15, 0.2) is 0 Å². The van der Waals surface area contributed by atoms with E-state index >= 15 is 0 Å². The van der Waals surface area contributed by atoms with Crippen LogP contribution in [0, 0.1) is 12.7 Å². The highest BCUT2D eigenvalue weighted by Gasteiger charge is 2.23. The molecule has 1 atom stereocenters. The monoisotopic (exact) mass is 336 g/mol. The summed E-state index contributed by atoms with van der Waals surface area (Å²) >= 11 is 3.34. The van der Waals surface area contributed by atoms with Crippen LogP contribution in [-0.2, 0) is 11.2 Å². The molecule has 1 unspecified atom stereocenters. The quantitative estimate of drug-likeness (QED) is 0.903. The standard InChI is InChI=1S/C16H14BrFO2/c1-10-4-2-3-5-13(10)14(16(19)20)9-11-8-12(18)6-7-15(11)17/h2-8,14H,9H2,1H3,(H,19,20). The zero-order valence-corrected chi connectivity index (χ0v) is 12.5. The highest BCUT2D eigenvalue weighted by atomic mass is 79.9. The fraction of sp³-hybridized carbons (Fsp3) is 0.188. The number of carboxylic acids is 1. The predicted octanol–water partition coefficient (Wildman–Crippen LogP) is 4.31. The summed E-state index contributed by atoms with van der Waals surface area (Å²) in [4.78, 5) is 11.5. The Bertz CT molecular complexity index is 640. The van der Waals surface area contributed by atoms with Gasteiger partial charge in [0.2, 0.25) is 0 Å². The maximum Gasteiger partial charge on any atom is 0.311 e. The third-order valence-electron chi connectivity index (χ3n) is 3.29. The molecule has 2 aromatic carbocycles. The molecule has 0 radical (unpaired) electrons. The normalized spacial score (nSPS) is 12.2. The Hall–Kier alpha value is -1.68. The Labute approximate surface area is 125 Å². The lowest BCUT2D eigenvalue weighted by Gasteiger charge is -2.16. The van der Waals surface area contributed by atoms with E-state index < -0.39 is 11.9 Å². The van der Waals surface area contributed by atoms with E-state index in [9.17, 15) is 14.3 Å². The molecule has 0 fully saturated rings. The molecular formula is C16H14BrFO2. The van der Waals surface area contributed by atoms with E-state index in [0.717, 1.165) is 15.6 Å². The number of carboxylic acid groups (broad SMARTS) is 1. The number of carbonyl (C=O) groups is 1. The van der Waals surface area contributed by atoms with Gasteiger partial charge in [-0.15, -0.1) is 0 Å². The predicted molar refractivity (Wildman–Crippen MR) is 79.4 cm³/mol. The molecule has 0 saturated carbocycles. The average Bonchev–Trinajstić information content (AvgIpc) is 2.40. The van der Waals surface area contributed by atoms with E-state index in [2.05, 4.69) is 15.9 Å². The zero-order chi connectivity index (χ0) is 14.7. The summed E-state index contributed by atoms with van der Waals surface area (Å²) in [5.74, 6) is -1.96. The summed E-state index contributed by atoms with van der Waals surface area (Å²) in [5.41, 5.74) is 2.34. The molecule has 0 aliphatic heterocycles. The molecular weight excluding hydrogens is 323 g/mol. The van der Waals surface area contributed by atoms with Crippen molar-refractivity contribution in [3.05, 3.63) is 69.4 Å². The first-order chi connectivity index (χ1) is 9.49. The summed E-state index contributed by atoms with van der Waals surface area (Å²) < 4.78 is 14.0. The fourth-order valence-corrected chi connectivity index (χ4v) is 2.64. The first-order valence-electron chi connectivity index (χ1n) is 6.21. The Balaban J connectivity index is 2.38. The van der Waals surface area contributed by atoms with Crippen LogP contribution in [0.2, 0.25) is 0 Å². The number of aliphatic carboxylic acids is 1. The minimum Gasteiger partial charge on any atom is -0.481 e. The summed E-state index contributed by atoms with van der Waals surface area (Å²) in [6, 6.07) is 11.7. The average molecular weight is 337 g/mol. The van der Waals surface area contributed by atoms with Crippen LogP contribution in [0.1, 0.15) is 22.6 Å². The molecule has 0 aliphatic rings. The third kappa shape index (κ3) is 3.25. The molecule has 0 spiro atoms. The molecule has 2 rings (SSSR count). The molecule has 0 heterocycles. The van der Waals surface area contributed by atoms with Gasteiger partial charge >= 0.3 is 5.97 Å². The van der Waals surface area contributed by atoms with E-state index in [4.69, 9.17) is 0 Å². The Morgan fingerprint density at radius 2 is 2.00 bits per heavy atom. The van der Waals surface area contributed by atoms with Crippen LogP contribution in [0.4, 0.5) is 4.39 Å². The van der Waals surface area contributed by atoms with Crippen LogP contribution < -0.4 is 0 Å². The van der Waals surface area contributed by atoms with E-state index in [1.54, 1.807) is 12.1 Å². The molecule has 0 saturated heterocycles. The number of benzene rings is 2. The minimum atomic E-state index is -0.907. The van der Waals surface area contributed by atoms with Crippen molar-refractivity contribution in [1.29, 1.82) is 0 Å². The smallest absolute Gasteiger partial charge is 0.311 e. The van der Waals surface area contributed by atoms with Crippen molar-refractivity contribution in [1.82, 2.24) is 0 Å². The summed E-state index contributed by atoms with van der Waals surface area (Å²) in [6.07, 6.45) is 0.249. The maximum absolute atomic E-state index is 13.3. The Morgan fingerprint density at radius 3 is 2.65 bits per heavy atom. The zero-order valence-electron chi connectivity index (χ0n) is 10.9. The first kappa shape index (κ1) is 14.7. The van der Waals surface area contributed by atoms with E-state index in [0.29, 0.717) is 5.56 Å². The van der Waals surface area contributed by atoms with Crippen molar-refractivity contribution in [3.63, 3.8) is 0 Å². The van der Waals surface area contributed by atoms with Crippen LogP contribution in [0.25, 0.3) is 0 Å². The number of hydrogen-bond donors (Lipinski definition) is 1. The van der Waals surface area contributed by atoms with Crippen molar-refractivity contribution in [2.45, 2.75) is 19.3 Å². The van der Waals surface area contributed by atoms with Gasteiger partial charge in [-0.05, 0) is 48.2 Å². The topological polar surface area (TPSA) is 37.3 Å². The van der Waals surface area contributed by atoms with Crippen molar-refractivity contribution >= 4 is 21.9 Å². The number of rotatable bonds is 4. The van der Waals surface area contributed by atoms with Crippen molar-refractivity contribution < 1.29 is 14.3 Å². The van der Waals surface area contributed by atoms with Gasteiger partial charge < -0.3 is 5.11 Å². The summed E-state index contributed by atoms with van der Waals surface area (Å²) in [5, 5.41) is 9.46. The van der Waals surface area contributed by atoms with Crippen LogP contribution in [0.3, 0.4) is 0 Å². The van der Waals surface area contributed by atoms with Gasteiger partial charge in [0.25, 0.3) is 0 Å². The van der Waals surface area contributed by atoms with Gasteiger partial charge in [-0.2, -0.15) is 0 Å². The SMILES string of the molecule is Cc1ccccc1C(Cc1cc(F)ccc1Br)C(=O)O. The second-order valence-corrected chi connectivity index (χ2v) is 5.54. The Kier molecular flexibility index (Phi) is 4.55. The number of aryl methyl sites for hydroxylation is 1. The third-order valence-corrected chi connectivity index (χ3v) is 4.07. The van der Waals surface area contributed by atoms with E-state index in [-0.39, 0.29) is 12.2 Å². The second-order valence-electron chi connectivity index (χ2n) is 4.69. The fourth-order valence-electron chi connectivity index (χ4n) is 2.23. The largest absolute Gasteiger partial charge is 0.481 e. The van der Waals surface area contributed by atoms with Crippen molar-refractivity contribution in [3.8, 4) is 0 Å². The first-order valence-corrected chi connectivity index (χ1v) is 7.00. The van der Waals surface area contributed by atoms with E-state index in [1.807, 2.05) is 25.1 Å². The van der Waals surface area contributed by atoms with Gasteiger partial charge in [-0.3, -0.25) is 4.79 Å².